The Kier molecular flexibility index (Phi) is 6.42. The minimum atomic E-state index is -0.193. The molecule has 162 valence electrons. The third-order valence-corrected chi connectivity index (χ3v) is 5.74. The zero-order valence-electron chi connectivity index (χ0n) is 17.1. The fourth-order valence-corrected chi connectivity index (χ4v) is 3.69. The number of amides is 4. The van der Waals surface area contributed by atoms with Gasteiger partial charge in [0.05, 0.1) is 0 Å². The van der Waals surface area contributed by atoms with Crippen LogP contribution in [0.4, 0.5) is 16.2 Å². The van der Waals surface area contributed by atoms with Gasteiger partial charge in [0, 0.05) is 54.1 Å². The van der Waals surface area contributed by atoms with Crippen LogP contribution in [-0.4, -0.2) is 53.8 Å². The van der Waals surface area contributed by atoms with Crippen LogP contribution in [0.15, 0.2) is 48.5 Å². The van der Waals surface area contributed by atoms with Crippen LogP contribution in [0.3, 0.4) is 0 Å². The van der Waals surface area contributed by atoms with E-state index in [-0.39, 0.29) is 23.8 Å². The molecule has 8 heteroatoms. The van der Waals surface area contributed by atoms with Crippen molar-refractivity contribution in [2.75, 3.05) is 36.8 Å². The SMILES string of the molecule is O=C(Nc1cccc(C(=O)N2CCCN(C(=O)Nc3ccc(Cl)cc3)CC2)c1)C1CC1. The number of carbonyl (C=O) groups excluding carboxylic acids is 3. The van der Waals surface area contributed by atoms with Crippen molar-refractivity contribution in [3.63, 3.8) is 0 Å². The molecule has 1 saturated carbocycles. The first-order valence-corrected chi connectivity index (χ1v) is 10.9. The molecular formula is C23H25ClN4O3. The van der Waals surface area contributed by atoms with E-state index in [0.717, 1.165) is 12.8 Å². The van der Waals surface area contributed by atoms with E-state index in [1.165, 1.54) is 0 Å². The van der Waals surface area contributed by atoms with E-state index >= 15 is 0 Å². The van der Waals surface area contributed by atoms with Crippen LogP contribution in [0.1, 0.15) is 29.6 Å². The first-order chi connectivity index (χ1) is 15.0. The maximum atomic E-state index is 13.0. The predicted octanol–water partition coefficient (Wildman–Crippen LogP) is 4.07. The van der Waals surface area contributed by atoms with E-state index in [1.807, 2.05) is 0 Å². The average Bonchev–Trinajstić information content (AvgIpc) is 3.62. The van der Waals surface area contributed by atoms with E-state index in [1.54, 1.807) is 58.3 Å². The highest BCUT2D eigenvalue weighted by Gasteiger charge is 2.29. The second kappa shape index (κ2) is 9.39. The molecule has 2 N–H and O–H groups in total. The monoisotopic (exact) mass is 440 g/mol. The zero-order valence-corrected chi connectivity index (χ0v) is 17.9. The number of benzene rings is 2. The van der Waals surface area contributed by atoms with Crippen LogP contribution < -0.4 is 10.6 Å². The average molecular weight is 441 g/mol. The summed E-state index contributed by atoms with van der Waals surface area (Å²) in [4.78, 5) is 41.1. The van der Waals surface area contributed by atoms with Crippen LogP contribution in [0.25, 0.3) is 0 Å². The topological polar surface area (TPSA) is 81.8 Å². The predicted molar refractivity (Wildman–Crippen MR) is 120 cm³/mol. The third-order valence-electron chi connectivity index (χ3n) is 5.49. The molecular weight excluding hydrogens is 416 g/mol. The Morgan fingerprint density at radius 3 is 2.29 bits per heavy atom. The van der Waals surface area contributed by atoms with E-state index in [0.29, 0.717) is 54.6 Å². The lowest BCUT2D eigenvalue weighted by molar-refractivity contribution is -0.117. The minimum absolute atomic E-state index is 0.0155. The lowest BCUT2D eigenvalue weighted by Gasteiger charge is -2.22. The van der Waals surface area contributed by atoms with Crippen LogP contribution in [0, 0.1) is 5.92 Å². The van der Waals surface area contributed by atoms with Crippen LogP contribution in [0.5, 0.6) is 0 Å². The summed E-state index contributed by atoms with van der Waals surface area (Å²) in [7, 11) is 0. The van der Waals surface area contributed by atoms with Gasteiger partial charge in [-0.3, -0.25) is 9.59 Å². The van der Waals surface area contributed by atoms with Gasteiger partial charge < -0.3 is 20.4 Å². The van der Waals surface area contributed by atoms with E-state index in [2.05, 4.69) is 10.6 Å². The van der Waals surface area contributed by atoms with Crippen LogP contribution >= 0.6 is 11.6 Å². The van der Waals surface area contributed by atoms with Crippen molar-refractivity contribution in [1.29, 1.82) is 0 Å². The molecule has 0 aromatic heterocycles. The number of nitrogens with zero attached hydrogens (tertiary/aromatic N) is 2. The summed E-state index contributed by atoms with van der Waals surface area (Å²) < 4.78 is 0. The van der Waals surface area contributed by atoms with Crippen LogP contribution in [0.2, 0.25) is 5.02 Å². The van der Waals surface area contributed by atoms with Crippen molar-refractivity contribution < 1.29 is 14.4 Å². The summed E-state index contributed by atoms with van der Waals surface area (Å²) in [5.41, 5.74) is 1.85. The fraction of sp³-hybridized carbons (Fsp3) is 0.348. The number of carbonyl (C=O) groups is 3. The summed E-state index contributed by atoms with van der Waals surface area (Å²) in [6, 6.07) is 13.8. The second-order valence-corrected chi connectivity index (χ2v) is 8.35. The molecule has 0 bridgehead atoms. The molecule has 1 aliphatic heterocycles. The Morgan fingerprint density at radius 1 is 0.839 bits per heavy atom. The second-order valence-electron chi connectivity index (χ2n) is 7.91. The fourth-order valence-electron chi connectivity index (χ4n) is 3.56. The van der Waals surface area contributed by atoms with Crippen molar-refractivity contribution in [1.82, 2.24) is 9.80 Å². The lowest BCUT2D eigenvalue weighted by atomic mass is 10.1. The summed E-state index contributed by atoms with van der Waals surface area (Å²) in [6.07, 6.45) is 2.55. The Labute approximate surface area is 186 Å². The molecule has 4 rings (SSSR count). The van der Waals surface area contributed by atoms with Gasteiger partial charge in [0.15, 0.2) is 0 Å². The van der Waals surface area contributed by atoms with Crippen molar-refractivity contribution in [2.45, 2.75) is 19.3 Å². The summed E-state index contributed by atoms with van der Waals surface area (Å²) in [6.45, 7) is 2.04. The van der Waals surface area contributed by atoms with Crippen molar-refractivity contribution in [3.8, 4) is 0 Å². The Bertz CT molecular complexity index is 975. The largest absolute Gasteiger partial charge is 0.337 e. The number of urea groups is 1. The highest BCUT2D eigenvalue weighted by atomic mass is 35.5. The highest BCUT2D eigenvalue weighted by molar-refractivity contribution is 6.30. The molecule has 2 aliphatic rings. The smallest absolute Gasteiger partial charge is 0.321 e. The lowest BCUT2D eigenvalue weighted by Crippen LogP contribution is -2.39. The molecule has 7 nitrogen and oxygen atoms in total. The molecule has 1 saturated heterocycles. The molecule has 2 aromatic rings. The molecule has 0 atom stereocenters. The van der Waals surface area contributed by atoms with E-state index < -0.39 is 0 Å². The number of rotatable bonds is 4. The Morgan fingerprint density at radius 2 is 1.55 bits per heavy atom. The van der Waals surface area contributed by atoms with Gasteiger partial charge in [0.1, 0.15) is 0 Å². The third kappa shape index (κ3) is 5.55. The Hall–Kier alpha value is -3.06. The minimum Gasteiger partial charge on any atom is -0.337 e. The number of anilines is 2. The first-order valence-electron chi connectivity index (χ1n) is 10.5. The maximum absolute atomic E-state index is 13.0. The van der Waals surface area contributed by atoms with Crippen molar-refractivity contribution >= 4 is 40.8 Å². The van der Waals surface area contributed by atoms with Gasteiger partial charge in [-0.15, -0.1) is 0 Å². The van der Waals surface area contributed by atoms with Gasteiger partial charge in [0.2, 0.25) is 5.91 Å². The van der Waals surface area contributed by atoms with E-state index in [9.17, 15) is 14.4 Å². The normalized spacial score (nSPS) is 16.4. The molecule has 0 unspecified atom stereocenters. The molecule has 2 aromatic carbocycles. The quantitative estimate of drug-likeness (QED) is 0.751. The van der Waals surface area contributed by atoms with Gasteiger partial charge in [-0.05, 0) is 61.7 Å². The Balaban J connectivity index is 1.34. The first kappa shape index (κ1) is 21.2. The molecule has 1 heterocycles. The van der Waals surface area contributed by atoms with Gasteiger partial charge in [0.25, 0.3) is 5.91 Å². The summed E-state index contributed by atoms with van der Waals surface area (Å²) >= 11 is 5.88. The van der Waals surface area contributed by atoms with Crippen molar-refractivity contribution in [3.05, 3.63) is 59.1 Å². The number of hydrogen-bond donors (Lipinski definition) is 2. The standard InChI is InChI=1S/C23H25ClN4O3/c24-18-7-9-19(10-8-18)26-23(31)28-12-2-11-27(13-14-28)22(30)17-3-1-4-20(15-17)25-21(29)16-5-6-16/h1,3-4,7-10,15-16H,2,5-6,11-14H2,(H,25,29)(H,26,31). The number of halogens is 1. The number of nitrogens with one attached hydrogen (secondary N) is 2. The van der Waals surface area contributed by atoms with Crippen molar-refractivity contribution in [2.24, 2.45) is 5.92 Å². The highest BCUT2D eigenvalue weighted by Crippen LogP contribution is 2.30. The maximum Gasteiger partial charge on any atom is 0.321 e. The van der Waals surface area contributed by atoms with Crippen LogP contribution in [-0.2, 0) is 4.79 Å². The van der Waals surface area contributed by atoms with Gasteiger partial charge in [-0.2, -0.15) is 0 Å². The van der Waals surface area contributed by atoms with Gasteiger partial charge >= 0.3 is 6.03 Å². The van der Waals surface area contributed by atoms with Gasteiger partial charge in [-0.1, -0.05) is 17.7 Å². The molecule has 2 fully saturated rings. The zero-order chi connectivity index (χ0) is 21.8. The molecule has 1 aliphatic carbocycles. The molecule has 0 spiro atoms. The summed E-state index contributed by atoms with van der Waals surface area (Å²) in [5, 5.41) is 6.36. The molecule has 31 heavy (non-hydrogen) atoms. The van der Waals surface area contributed by atoms with Gasteiger partial charge in [-0.25, -0.2) is 4.79 Å². The van der Waals surface area contributed by atoms with E-state index in [4.69, 9.17) is 11.6 Å². The summed E-state index contributed by atoms with van der Waals surface area (Å²) in [5.74, 6) is 0.0270. The molecule has 0 radical (unpaired) electrons. The molecule has 4 amide bonds. The number of hydrogen-bond acceptors (Lipinski definition) is 3.